The highest BCUT2D eigenvalue weighted by molar-refractivity contribution is 7.19. The Hall–Kier alpha value is -3.53. The van der Waals surface area contributed by atoms with Gasteiger partial charge in [-0.3, -0.25) is 4.79 Å². The van der Waals surface area contributed by atoms with E-state index >= 15 is 0 Å². The van der Waals surface area contributed by atoms with Crippen LogP contribution in [0.5, 0.6) is 5.19 Å². The summed E-state index contributed by atoms with van der Waals surface area (Å²) in [5.74, 6) is 1.40. The summed E-state index contributed by atoms with van der Waals surface area (Å²) in [7, 11) is 3.49. The molecule has 1 saturated heterocycles. The molecule has 0 saturated carbocycles. The van der Waals surface area contributed by atoms with E-state index in [-0.39, 0.29) is 17.9 Å². The van der Waals surface area contributed by atoms with Crippen LogP contribution in [-0.2, 0) is 0 Å². The number of benzene rings is 1. The molecular weight excluding hydrogens is 488 g/mol. The minimum atomic E-state index is -0.0195. The van der Waals surface area contributed by atoms with Crippen LogP contribution in [0, 0.1) is 5.92 Å². The standard InChI is InChI=1S/C27H32N6O3S/c1-16(2)23-30-26(36-31-23)33-14-12-18(13-15-33)17(3)35-27-29-22-11-10-21(28-24(22)37-27)19-6-8-20(9-7-19)25(34)32(4)5/h6-11,16-18H,12-15H2,1-5H3/t17-/m0/s1. The molecule has 1 aliphatic rings. The number of hydrogen-bond acceptors (Lipinski definition) is 9. The molecule has 194 valence electrons. The molecule has 1 amide bonds. The third-order valence-electron chi connectivity index (χ3n) is 6.78. The largest absolute Gasteiger partial charge is 0.467 e. The zero-order chi connectivity index (χ0) is 26.1. The number of aromatic nitrogens is 4. The smallest absolute Gasteiger partial charge is 0.324 e. The molecule has 1 atom stereocenters. The number of hydrogen-bond donors (Lipinski definition) is 0. The first-order chi connectivity index (χ1) is 17.8. The van der Waals surface area contributed by atoms with Crippen molar-refractivity contribution in [1.29, 1.82) is 0 Å². The zero-order valence-electron chi connectivity index (χ0n) is 21.8. The summed E-state index contributed by atoms with van der Waals surface area (Å²) in [5.41, 5.74) is 3.27. The summed E-state index contributed by atoms with van der Waals surface area (Å²) in [5, 5.41) is 4.72. The van der Waals surface area contributed by atoms with Gasteiger partial charge in [0.15, 0.2) is 5.82 Å². The maximum Gasteiger partial charge on any atom is 0.324 e. The first-order valence-corrected chi connectivity index (χ1v) is 13.4. The Balaban J connectivity index is 1.21. The van der Waals surface area contributed by atoms with E-state index in [1.165, 1.54) is 11.3 Å². The molecule has 5 rings (SSSR count). The molecule has 0 radical (unpaired) electrons. The fraction of sp³-hybridized carbons (Fsp3) is 0.444. The highest BCUT2D eigenvalue weighted by Gasteiger charge is 2.28. The number of carbonyl (C=O) groups is 1. The Kier molecular flexibility index (Phi) is 7.10. The Labute approximate surface area is 220 Å². The van der Waals surface area contributed by atoms with E-state index in [1.807, 2.05) is 36.4 Å². The third-order valence-corrected chi connectivity index (χ3v) is 7.63. The van der Waals surface area contributed by atoms with Crippen LogP contribution in [0.25, 0.3) is 21.6 Å². The molecule has 10 heteroatoms. The number of pyridine rings is 1. The van der Waals surface area contributed by atoms with Gasteiger partial charge in [0, 0.05) is 44.2 Å². The quantitative estimate of drug-likeness (QED) is 0.326. The second-order valence-electron chi connectivity index (χ2n) is 10.0. The average molecular weight is 521 g/mol. The van der Waals surface area contributed by atoms with Crippen LogP contribution >= 0.6 is 11.3 Å². The Morgan fingerprint density at radius 1 is 1.05 bits per heavy atom. The third kappa shape index (κ3) is 5.44. The first kappa shape index (κ1) is 25.1. The lowest BCUT2D eigenvalue weighted by Crippen LogP contribution is -2.38. The molecule has 0 N–H and O–H groups in total. The van der Waals surface area contributed by atoms with Gasteiger partial charge in [-0.2, -0.15) is 4.98 Å². The predicted molar refractivity (Wildman–Crippen MR) is 144 cm³/mol. The van der Waals surface area contributed by atoms with Crippen molar-refractivity contribution in [3.63, 3.8) is 0 Å². The SMILES string of the molecule is CC(C)c1noc(N2CCC([C@H](C)Oc3nc4ccc(-c5ccc(C(=O)N(C)C)cc5)nc4s3)CC2)n1. The maximum absolute atomic E-state index is 12.2. The van der Waals surface area contributed by atoms with Gasteiger partial charge >= 0.3 is 6.01 Å². The van der Waals surface area contributed by atoms with Crippen LogP contribution in [0.2, 0.25) is 0 Å². The van der Waals surface area contributed by atoms with Crippen molar-refractivity contribution < 1.29 is 14.1 Å². The Bertz CT molecular complexity index is 1370. The summed E-state index contributed by atoms with van der Waals surface area (Å²) in [4.78, 5) is 30.7. The first-order valence-electron chi connectivity index (χ1n) is 12.6. The van der Waals surface area contributed by atoms with E-state index in [1.54, 1.807) is 19.0 Å². The molecule has 37 heavy (non-hydrogen) atoms. The molecule has 1 aliphatic heterocycles. The van der Waals surface area contributed by atoms with Crippen molar-refractivity contribution in [2.24, 2.45) is 5.92 Å². The minimum absolute atomic E-state index is 0.0195. The van der Waals surface area contributed by atoms with Crippen molar-refractivity contribution in [2.75, 3.05) is 32.1 Å². The number of amides is 1. The summed E-state index contributed by atoms with van der Waals surface area (Å²) < 4.78 is 11.7. The number of nitrogens with zero attached hydrogens (tertiary/aromatic N) is 6. The van der Waals surface area contributed by atoms with Crippen LogP contribution in [0.1, 0.15) is 55.7 Å². The topological polar surface area (TPSA) is 97.5 Å². The fourth-order valence-electron chi connectivity index (χ4n) is 4.45. The van der Waals surface area contributed by atoms with E-state index < -0.39 is 0 Å². The summed E-state index contributed by atoms with van der Waals surface area (Å²) in [6, 6.07) is 12.1. The van der Waals surface area contributed by atoms with Gasteiger partial charge in [-0.25, -0.2) is 9.97 Å². The molecule has 0 aliphatic carbocycles. The second kappa shape index (κ2) is 10.5. The summed E-state index contributed by atoms with van der Waals surface area (Å²) in [6.07, 6.45) is 2.01. The van der Waals surface area contributed by atoms with Gasteiger partial charge in [0.05, 0.1) is 5.69 Å². The normalized spacial score (nSPS) is 15.4. The van der Waals surface area contributed by atoms with Crippen molar-refractivity contribution in [1.82, 2.24) is 25.0 Å². The van der Waals surface area contributed by atoms with Crippen molar-refractivity contribution >= 4 is 33.6 Å². The van der Waals surface area contributed by atoms with Gasteiger partial charge in [-0.15, -0.1) is 0 Å². The lowest BCUT2D eigenvalue weighted by molar-refractivity contribution is 0.0827. The number of fused-ring (bicyclic) bond motifs is 1. The van der Waals surface area contributed by atoms with Crippen molar-refractivity contribution in [2.45, 2.75) is 45.6 Å². The lowest BCUT2D eigenvalue weighted by atomic mass is 9.92. The van der Waals surface area contributed by atoms with E-state index in [0.717, 1.165) is 53.4 Å². The molecule has 0 bridgehead atoms. The second-order valence-corrected chi connectivity index (χ2v) is 11.0. The molecule has 1 fully saturated rings. The zero-order valence-corrected chi connectivity index (χ0v) is 22.7. The van der Waals surface area contributed by atoms with E-state index in [2.05, 4.69) is 40.8 Å². The highest BCUT2D eigenvalue weighted by atomic mass is 32.1. The van der Waals surface area contributed by atoms with Gasteiger partial charge < -0.3 is 19.1 Å². The molecule has 0 spiro atoms. The highest BCUT2D eigenvalue weighted by Crippen LogP contribution is 2.32. The van der Waals surface area contributed by atoms with Crippen molar-refractivity contribution in [3.05, 3.63) is 47.8 Å². The minimum Gasteiger partial charge on any atom is -0.467 e. The molecule has 1 aromatic carbocycles. The van der Waals surface area contributed by atoms with Gasteiger partial charge in [0.2, 0.25) is 0 Å². The summed E-state index contributed by atoms with van der Waals surface area (Å²) in [6.45, 7) is 7.96. The molecule has 4 aromatic rings. The van der Waals surface area contributed by atoms with Gasteiger partial charge in [0.1, 0.15) is 16.5 Å². The number of thiazole rings is 1. The Morgan fingerprint density at radius 2 is 1.78 bits per heavy atom. The molecule has 3 aromatic heterocycles. The number of carbonyl (C=O) groups excluding carboxylic acids is 1. The fourth-order valence-corrected chi connectivity index (χ4v) is 5.33. The van der Waals surface area contributed by atoms with E-state index in [9.17, 15) is 4.79 Å². The van der Waals surface area contributed by atoms with E-state index in [4.69, 9.17) is 14.2 Å². The maximum atomic E-state index is 12.2. The average Bonchev–Trinajstić information content (AvgIpc) is 3.55. The van der Waals surface area contributed by atoms with Gasteiger partial charge in [-0.1, -0.05) is 42.5 Å². The van der Waals surface area contributed by atoms with Crippen molar-refractivity contribution in [3.8, 4) is 16.5 Å². The van der Waals surface area contributed by atoms with E-state index in [0.29, 0.717) is 22.7 Å². The van der Waals surface area contributed by atoms with Crippen LogP contribution in [0.4, 0.5) is 6.01 Å². The number of rotatable bonds is 7. The number of anilines is 1. The molecule has 0 unspecified atom stereocenters. The summed E-state index contributed by atoms with van der Waals surface area (Å²) >= 11 is 1.46. The molecular formula is C27H32N6O3S. The molecule has 9 nitrogen and oxygen atoms in total. The van der Waals surface area contributed by atoms with Gasteiger partial charge in [-0.05, 0) is 49.9 Å². The number of ether oxygens (including phenoxy) is 1. The van der Waals surface area contributed by atoms with Crippen LogP contribution < -0.4 is 9.64 Å². The van der Waals surface area contributed by atoms with Gasteiger partial charge in [0.25, 0.3) is 11.1 Å². The van der Waals surface area contributed by atoms with Crippen LogP contribution in [0.15, 0.2) is 40.9 Å². The van der Waals surface area contributed by atoms with Crippen LogP contribution in [0.3, 0.4) is 0 Å². The predicted octanol–water partition coefficient (Wildman–Crippen LogP) is 5.25. The van der Waals surface area contributed by atoms with Crippen LogP contribution in [-0.4, -0.2) is 64.2 Å². The molecule has 4 heterocycles. The monoisotopic (exact) mass is 520 g/mol. The lowest BCUT2D eigenvalue weighted by Gasteiger charge is -2.33. The Morgan fingerprint density at radius 3 is 2.43 bits per heavy atom. The number of piperidine rings is 1.